The van der Waals surface area contributed by atoms with Crippen LogP contribution in [0.1, 0.15) is 31.3 Å². The Morgan fingerprint density at radius 2 is 2.13 bits per heavy atom. The lowest BCUT2D eigenvalue weighted by Crippen LogP contribution is -2.55. The van der Waals surface area contributed by atoms with Crippen LogP contribution < -0.4 is 10.2 Å². The van der Waals surface area contributed by atoms with Gasteiger partial charge in [0, 0.05) is 36.4 Å². The molecule has 2 aromatic heterocycles. The maximum atomic E-state index is 12.8. The van der Waals surface area contributed by atoms with Crippen molar-refractivity contribution in [2.45, 2.75) is 26.8 Å². The summed E-state index contributed by atoms with van der Waals surface area (Å²) >= 11 is 11.1. The molecule has 3 rings (SSSR count). The monoisotopic (exact) mass is 523 g/mol. The van der Waals surface area contributed by atoms with Crippen molar-refractivity contribution in [2.24, 2.45) is 0 Å². The molecule has 0 aromatic carbocycles. The number of nitrogens with zero attached hydrogens (tertiary/aromatic N) is 4. The maximum absolute atomic E-state index is 12.8. The van der Waals surface area contributed by atoms with Gasteiger partial charge in [-0.15, -0.1) is 0 Å². The number of carbonyl (C=O) groups is 1. The summed E-state index contributed by atoms with van der Waals surface area (Å²) in [5, 5.41) is 4.06. The predicted molar refractivity (Wildman–Crippen MR) is 137 cm³/mol. The minimum atomic E-state index is -0.174. The van der Waals surface area contributed by atoms with Crippen molar-refractivity contribution in [1.29, 1.82) is 0 Å². The zero-order chi connectivity index (χ0) is 23.0. The van der Waals surface area contributed by atoms with Crippen LogP contribution in [0.4, 0.5) is 15.7 Å². The largest absolute Gasteiger partial charge is 0.352 e. The van der Waals surface area contributed by atoms with Gasteiger partial charge >= 0.3 is 6.03 Å². The number of allylic oxidation sites excluding steroid dienone is 2. The van der Waals surface area contributed by atoms with Gasteiger partial charge in [-0.25, -0.2) is 14.8 Å². The first kappa shape index (κ1) is 25.1. The third-order valence-electron chi connectivity index (χ3n) is 4.48. The van der Waals surface area contributed by atoms with E-state index in [-0.39, 0.29) is 12.1 Å². The lowest BCUT2D eigenvalue weighted by Gasteiger charge is -2.40. The van der Waals surface area contributed by atoms with E-state index in [0.29, 0.717) is 35.5 Å². The molecule has 1 fully saturated rings. The molecule has 0 spiro atoms. The zero-order valence-electron chi connectivity index (χ0n) is 17.9. The number of hydrogen-bond donors (Lipinski definition) is 1. The molecule has 31 heavy (non-hydrogen) atoms. The minimum absolute atomic E-state index is 0.00469. The van der Waals surface area contributed by atoms with E-state index in [1.54, 1.807) is 23.2 Å². The standard InChI is InChI=1S/C20H21BrClN5OS.C2H6/c1-4-14(21)11-17-16(5-2)24-19(29-17)25-20(28)27-10-9-26(12-13(27)3)18-15(22)7-6-8-23-18;1-2/h4-8,11,13H,1-2,9-10,12H2,3H3,(H,24,25,28);1-2H3/b14-11+;. The van der Waals surface area contributed by atoms with Crippen LogP contribution in [0, 0.1) is 0 Å². The van der Waals surface area contributed by atoms with E-state index in [4.69, 9.17) is 11.6 Å². The lowest BCUT2D eigenvalue weighted by molar-refractivity contribution is 0.184. The molecule has 1 aliphatic rings. The number of rotatable bonds is 5. The molecule has 0 radical (unpaired) electrons. The van der Waals surface area contributed by atoms with Crippen molar-refractivity contribution in [1.82, 2.24) is 14.9 Å². The summed E-state index contributed by atoms with van der Waals surface area (Å²) in [6.45, 7) is 15.4. The van der Waals surface area contributed by atoms with Crippen LogP contribution in [0.3, 0.4) is 0 Å². The summed E-state index contributed by atoms with van der Waals surface area (Å²) in [6, 6.07) is 3.45. The maximum Gasteiger partial charge on any atom is 0.324 e. The first-order valence-corrected chi connectivity index (χ1v) is 12.0. The summed E-state index contributed by atoms with van der Waals surface area (Å²) in [7, 11) is 0. The number of amides is 2. The third kappa shape index (κ3) is 6.41. The molecule has 6 nitrogen and oxygen atoms in total. The van der Waals surface area contributed by atoms with Gasteiger partial charge in [-0.2, -0.15) is 0 Å². The highest BCUT2D eigenvalue weighted by atomic mass is 79.9. The normalized spacial score (nSPS) is 16.3. The number of halogens is 2. The van der Waals surface area contributed by atoms with E-state index in [1.165, 1.54) is 11.3 Å². The Balaban J connectivity index is 0.00000166. The van der Waals surface area contributed by atoms with Crippen LogP contribution in [0.25, 0.3) is 12.2 Å². The Labute approximate surface area is 201 Å². The van der Waals surface area contributed by atoms with Gasteiger partial charge in [-0.1, -0.05) is 71.9 Å². The van der Waals surface area contributed by atoms with Gasteiger partial charge in [-0.3, -0.25) is 5.32 Å². The molecule has 0 saturated carbocycles. The van der Waals surface area contributed by atoms with Gasteiger partial charge in [0.1, 0.15) is 5.82 Å². The molecule has 2 aromatic rings. The van der Waals surface area contributed by atoms with E-state index < -0.39 is 0 Å². The number of anilines is 2. The molecule has 2 amide bonds. The molecule has 166 valence electrons. The highest BCUT2D eigenvalue weighted by Gasteiger charge is 2.29. The molecule has 1 N–H and O–H groups in total. The molecular weight excluding hydrogens is 498 g/mol. The van der Waals surface area contributed by atoms with Crippen LogP contribution in [0.15, 0.2) is 42.0 Å². The van der Waals surface area contributed by atoms with Crippen LogP contribution in [0.5, 0.6) is 0 Å². The van der Waals surface area contributed by atoms with Gasteiger partial charge in [0.05, 0.1) is 15.6 Å². The lowest BCUT2D eigenvalue weighted by atomic mass is 10.2. The first-order valence-electron chi connectivity index (χ1n) is 9.99. The van der Waals surface area contributed by atoms with Crippen molar-refractivity contribution < 1.29 is 4.79 Å². The quantitative estimate of drug-likeness (QED) is 0.452. The van der Waals surface area contributed by atoms with Crippen molar-refractivity contribution in [3.8, 4) is 0 Å². The van der Waals surface area contributed by atoms with Crippen molar-refractivity contribution in [3.05, 3.63) is 57.6 Å². The second-order valence-corrected chi connectivity index (χ2v) is 8.79. The number of thiazole rings is 1. The fourth-order valence-corrected chi connectivity index (χ4v) is 4.59. The molecule has 0 aliphatic carbocycles. The minimum Gasteiger partial charge on any atom is -0.352 e. The second-order valence-electron chi connectivity index (χ2n) is 6.43. The van der Waals surface area contributed by atoms with Crippen molar-refractivity contribution in [3.63, 3.8) is 0 Å². The van der Waals surface area contributed by atoms with Crippen LogP contribution in [-0.4, -0.2) is 46.6 Å². The molecule has 9 heteroatoms. The van der Waals surface area contributed by atoms with Gasteiger partial charge in [0.15, 0.2) is 5.13 Å². The van der Waals surface area contributed by atoms with Crippen molar-refractivity contribution in [2.75, 3.05) is 29.9 Å². The summed E-state index contributed by atoms with van der Waals surface area (Å²) in [4.78, 5) is 26.5. The Morgan fingerprint density at radius 3 is 2.74 bits per heavy atom. The number of pyridine rings is 1. The van der Waals surface area contributed by atoms with E-state index in [1.807, 2.05) is 39.0 Å². The Bertz CT molecular complexity index is 961. The van der Waals surface area contributed by atoms with Crippen molar-refractivity contribution >= 4 is 68.0 Å². The third-order valence-corrected chi connectivity index (χ3v) is 6.26. The van der Waals surface area contributed by atoms with Gasteiger partial charge < -0.3 is 9.80 Å². The topological polar surface area (TPSA) is 61.4 Å². The van der Waals surface area contributed by atoms with E-state index >= 15 is 0 Å². The molecule has 3 heterocycles. The van der Waals surface area contributed by atoms with E-state index in [2.05, 4.69) is 49.3 Å². The van der Waals surface area contributed by atoms with Crippen LogP contribution in [0.2, 0.25) is 5.02 Å². The molecule has 1 aliphatic heterocycles. The number of carbonyl (C=O) groups excluding carboxylic acids is 1. The number of aromatic nitrogens is 2. The van der Waals surface area contributed by atoms with E-state index in [9.17, 15) is 4.79 Å². The van der Waals surface area contributed by atoms with Gasteiger partial charge in [0.2, 0.25) is 0 Å². The first-order chi connectivity index (χ1) is 14.9. The van der Waals surface area contributed by atoms with Gasteiger partial charge in [0.25, 0.3) is 0 Å². The fourth-order valence-electron chi connectivity index (χ4n) is 3.06. The average molecular weight is 525 g/mol. The summed E-state index contributed by atoms with van der Waals surface area (Å²) < 4.78 is 0.833. The highest BCUT2D eigenvalue weighted by Crippen LogP contribution is 2.29. The Kier molecular flexibility index (Phi) is 9.74. The number of nitrogens with one attached hydrogen (secondary N) is 1. The van der Waals surface area contributed by atoms with Crippen LogP contribution >= 0.6 is 38.9 Å². The molecule has 1 atom stereocenters. The number of urea groups is 1. The highest BCUT2D eigenvalue weighted by molar-refractivity contribution is 9.12. The number of piperazine rings is 1. The Morgan fingerprint density at radius 1 is 1.39 bits per heavy atom. The van der Waals surface area contributed by atoms with E-state index in [0.717, 1.165) is 15.2 Å². The Hall–Kier alpha value is -2.16. The number of hydrogen-bond acceptors (Lipinski definition) is 5. The fraction of sp³-hybridized carbons (Fsp3) is 0.318. The molecule has 1 unspecified atom stereocenters. The summed E-state index contributed by atoms with van der Waals surface area (Å²) in [5.74, 6) is 0.751. The molecule has 1 saturated heterocycles. The average Bonchev–Trinajstić information content (AvgIpc) is 3.16. The summed E-state index contributed by atoms with van der Waals surface area (Å²) in [6.07, 6.45) is 6.98. The smallest absolute Gasteiger partial charge is 0.324 e. The molecular formula is C22H27BrClN5OS. The van der Waals surface area contributed by atoms with Gasteiger partial charge in [-0.05, 0) is 31.2 Å². The second kappa shape index (κ2) is 12.0. The summed E-state index contributed by atoms with van der Waals surface area (Å²) in [5.41, 5.74) is 0.715. The van der Waals surface area contributed by atoms with Crippen LogP contribution in [-0.2, 0) is 0 Å². The molecule has 0 bridgehead atoms. The SMILES string of the molecule is C=C/C(Br)=C\c1sc(NC(=O)N2CCN(c3ncccc3Cl)CC2C)nc1C=C.CC. The zero-order valence-corrected chi connectivity index (χ0v) is 21.1. The predicted octanol–water partition coefficient (Wildman–Crippen LogP) is 6.53.